The van der Waals surface area contributed by atoms with Crippen LogP contribution < -0.4 is 10.1 Å². The van der Waals surface area contributed by atoms with Gasteiger partial charge in [0, 0.05) is 18.0 Å². The number of nitrogens with one attached hydrogen (secondary N) is 1. The predicted molar refractivity (Wildman–Crippen MR) is 86.8 cm³/mol. The molecule has 0 aliphatic heterocycles. The molecule has 2 rings (SSSR count). The number of hydrogen-bond donors (Lipinski definition) is 1. The maximum absolute atomic E-state index is 5.49. The van der Waals surface area contributed by atoms with Gasteiger partial charge in [-0.15, -0.1) is 11.8 Å². The van der Waals surface area contributed by atoms with E-state index in [0.717, 1.165) is 23.1 Å². The lowest BCUT2D eigenvalue weighted by Crippen LogP contribution is -2.22. The summed E-state index contributed by atoms with van der Waals surface area (Å²) in [6.07, 6.45) is 3.36. The summed E-state index contributed by atoms with van der Waals surface area (Å²) in [5.74, 6) is 1.85. The highest BCUT2D eigenvalue weighted by Gasteiger charge is 2.11. The Balaban J connectivity index is 2.00. The largest absolute Gasteiger partial charge is 0.494 e. The van der Waals surface area contributed by atoms with Gasteiger partial charge in [0.1, 0.15) is 12.1 Å². The Morgan fingerprint density at radius 3 is 2.62 bits per heavy atom. The van der Waals surface area contributed by atoms with E-state index in [2.05, 4.69) is 34.3 Å². The van der Waals surface area contributed by atoms with Crippen LogP contribution in [-0.2, 0) is 0 Å². The Bertz CT molecular complexity index is 519. The Morgan fingerprint density at radius 1 is 1.19 bits per heavy atom. The van der Waals surface area contributed by atoms with E-state index < -0.39 is 0 Å². The van der Waals surface area contributed by atoms with Gasteiger partial charge in [0.25, 0.3) is 0 Å². The van der Waals surface area contributed by atoms with Gasteiger partial charge in [-0.05, 0) is 37.2 Å². The second-order valence-corrected chi connectivity index (χ2v) is 5.51. The quantitative estimate of drug-likeness (QED) is 0.599. The fourth-order valence-corrected chi connectivity index (χ4v) is 2.94. The SMILES string of the molecule is CCNC(CSc1ccncn1)c1ccc(OCC)cc1. The Morgan fingerprint density at radius 2 is 2.00 bits per heavy atom. The van der Waals surface area contributed by atoms with E-state index in [-0.39, 0.29) is 0 Å². The fourth-order valence-electron chi connectivity index (χ4n) is 2.02. The minimum absolute atomic E-state index is 0.297. The topological polar surface area (TPSA) is 47.0 Å². The van der Waals surface area contributed by atoms with Gasteiger partial charge in [-0.25, -0.2) is 9.97 Å². The van der Waals surface area contributed by atoms with Crippen LogP contribution in [0.15, 0.2) is 47.9 Å². The zero-order valence-corrected chi connectivity index (χ0v) is 13.3. The molecule has 0 spiro atoms. The van der Waals surface area contributed by atoms with E-state index in [1.807, 2.05) is 25.1 Å². The Labute approximate surface area is 130 Å². The molecule has 0 bridgehead atoms. The van der Waals surface area contributed by atoms with Crippen molar-refractivity contribution < 1.29 is 4.74 Å². The van der Waals surface area contributed by atoms with Crippen molar-refractivity contribution in [2.24, 2.45) is 0 Å². The third-order valence-electron chi connectivity index (χ3n) is 3.00. The molecule has 0 amide bonds. The van der Waals surface area contributed by atoms with E-state index >= 15 is 0 Å². The van der Waals surface area contributed by atoms with Crippen molar-refractivity contribution in [3.8, 4) is 5.75 Å². The smallest absolute Gasteiger partial charge is 0.119 e. The molecule has 1 N–H and O–H groups in total. The maximum Gasteiger partial charge on any atom is 0.119 e. The number of hydrogen-bond acceptors (Lipinski definition) is 5. The number of thioether (sulfide) groups is 1. The summed E-state index contributed by atoms with van der Waals surface area (Å²) in [6.45, 7) is 5.74. The summed E-state index contributed by atoms with van der Waals surface area (Å²) in [7, 11) is 0. The minimum Gasteiger partial charge on any atom is -0.494 e. The van der Waals surface area contributed by atoms with Crippen LogP contribution in [0.1, 0.15) is 25.5 Å². The molecule has 1 atom stereocenters. The van der Waals surface area contributed by atoms with Gasteiger partial charge in [-0.1, -0.05) is 19.1 Å². The summed E-state index contributed by atoms with van der Waals surface area (Å²) in [5, 5.41) is 4.51. The van der Waals surface area contributed by atoms with E-state index in [1.54, 1.807) is 24.3 Å². The summed E-state index contributed by atoms with van der Waals surface area (Å²) < 4.78 is 5.49. The third-order valence-corrected chi connectivity index (χ3v) is 4.03. The number of rotatable bonds is 8. The first-order valence-corrected chi connectivity index (χ1v) is 8.17. The first-order chi connectivity index (χ1) is 10.3. The van der Waals surface area contributed by atoms with Crippen molar-refractivity contribution in [3.63, 3.8) is 0 Å². The molecule has 5 heteroatoms. The molecule has 2 aromatic rings. The van der Waals surface area contributed by atoms with Crippen LogP contribution >= 0.6 is 11.8 Å². The maximum atomic E-state index is 5.49. The molecule has 1 heterocycles. The Kier molecular flexibility index (Phi) is 6.50. The average molecular weight is 303 g/mol. The second kappa shape index (κ2) is 8.64. The van der Waals surface area contributed by atoms with Crippen LogP contribution in [-0.4, -0.2) is 28.9 Å². The van der Waals surface area contributed by atoms with Gasteiger partial charge in [-0.3, -0.25) is 0 Å². The monoisotopic (exact) mass is 303 g/mol. The molecule has 0 aliphatic rings. The van der Waals surface area contributed by atoms with Gasteiger partial charge in [0.2, 0.25) is 0 Å². The lowest BCUT2D eigenvalue weighted by atomic mass is 10.1. The summed E-state index contributed by atoms with van der Waals surface area (Å²) in [5.41, 5.74) is 1.27. The van der Waals surface area contributed by atoms with Crippen molar-refractivity contribution in [2.75, 3.05) is 18.9 Å². The first-order valence-electron chi connectivity index (χ1n) is 7.18. The molecule has 1 unspecified atom stereocenters. The molecule has 112 valence electrons. The van der Waals surface area contributed by atoms with E-state index in [1.165, 1.54) is 5.56 Å². The number of ether oxygens (including phenoxy) is 1. The molecule has 21 heavy (non-hydrogen) atoms. The van der Waals surface area contributed by atoms with Gasteiger partial charge in [0.15, 0.2) is 0 Å². The average Bonchev–Trinajstić information content (AvgIpc) is 2.54. The zero-order chi connectivity index (χ0) is 14.9. The molecule has 0 fully saturated rings. The number of aromatic nitrogens is 2. The van der Waals surface area contributed by atoms with Crippen molar-refractivity contribution in [2.45, 2.75) is 24.9 Å². The number of nitrogens with zero attached hydrogens (tertiary/aromatic N) is 2. The molecule has 1 aromatic carbocycles. The zero-order valence-electron chi connectivity index (χ0n) is 12.5. The normalized spacial score (nSPS) is 12.1. The van der Waals surface area contributed by atoms with Crippen LogP contribution in [0.5, 0.6) is 5.75 Å². The molecule has 0 aliphatic carbocycles. The van der Waals surface area contributed by atoms with Gasteiger partial charge in [0.05, 0.1) is 11.6 Å². The lowest BCUT2D eigenvalue weighted by molar-refractivity contribution is 0.340. The summed E-state index contributed by atoms with van der Waals surface area (Å²) >= 11 is 1.73. The van der Waals surface area contributed by atoms with Crippen LogP contribution in [0.25, 0.3) is 0 Å². The van der Waals surface area contributed by atoms with Gasteiger partial charge < -0.3 is 10.1 Å². The van der Waals surface area contributed by atoms with Crippen molar-refractivity contribution in [1.29, 1.82) is 0 Å². The predicted octanol–water partition coefficient (Wildman–Crippen LogP) is 3.32. The second-order valence-electron chi connectivity index (χ2n) is 4.47. The molecule has 1 aromatic heterocycles. The number of benzene rings is 1. The van der Waals surface area contributed by atoms with E-state index in [9.17, 15) is 0 Å². The third kappa shape index (κ3) is 5.02. The van der Waals surface area contributed by atoms with Gasteiger partial charge in [-0.2, -0.15) is 0 Å². The van der Waals surface area contributed by atoms with Crippen LogP contribution in [0.4, 0.5) is 0 Å². The molecular weight excluding hydrogens is 282 g/mol. The highest BCUT2D eigenvalue weighted by Crippen LogP contribution is 2.24. The summed E-state index contributed by atoms with van der Waals surface area (Å²) in [4.78, 5) is 8.19. The highest BCUT2D eigenvalue weighted by atomic mass is 32.2. The molecule has 4 nitrogen and oxygen atoms in total. The first kappa shape index (κ1) is 15.8. The molecule has 0 saturated heterocycles. The van der Waals surface area contributed by atoms with Crippen LogP contribution in [0.2, 0.25) is 0 Å². The van der Waals surface area contributed by atoms with Gasteiger partial charge >= 0.3 is 0 Å². The van der Waals surface area contributed by atoms with E-state index in [0.29, 0.717) is 12.6 Å². The molecular formula is C16H21N3OS. The van der Waals surface area contributed by atoms with Crippen LogP contribution in [0, 0.1) is 0 Å². The van der Waals surface area contributed by atoms with Crippen molar-refractivity contribution in [3.05, 3.63) is 48.4 Å². The standard InChI is InChI=1S/C16H21N3OS/c1-3-18-15(11-21-16-9-10-17-12-19-16)13-5-7-14(8-6-13)20-4-2/h5-10,12,15,18H,3-4,11H2,1-2H3. The lowest BCUT2D eigenvalue weighted by Gasteiger charge is -2.18. The highest BCUT2D eigenvalue weighted by molar-refractivity contribution is 7.99. The molecule has 0 saturated carbocycles. The van der Waals surface area contributed by atoms with Crippen LogP contribution in [0.3, 0.4) is 0 Å². The Hall–Kier alpha value is -1.59. The summed E-state index contributed by atoms with van der Waals surface area (Å²) in [6, 6.07) is 10.5. The van der Waals surface area contributed by atoms with Crippen molar-refractivity contribution >= 4 is 11.8 Å². The van der Waals surface area contributed by atoms with E-state index in [4.69, 9.17) is 4.74 Å². The van der Waals surface area contributed by atoms with Crippen molar-refractivity contribution in [1.82, 2.24) is 15.3 Å². The molecule has 0 radical (unpaired) electrons. The minimum atomic E-state index is 0.297. The fraction of sp³-hybridized carbons (Fsp3) is 0.375.